The van der Waals surface area contributed by atoms with Crippen LogP contribution < -0.4 is 0 Å². The molecule has 0 saturated heterocycles. The van der Waals surface area contributed by atoms with Gasteiger partial charge in [0.15, 0.2) is 6.04 Å². The molecule has 19 heavy (non-hydrogen) atoms. The van der Waals surface area contributed by atoms with Gasteiger partial charge in [-0.15, -0.1) is 0 Å². The van der Waals surface area contributed by atoms with Gasteiger partial charge in [0.2, 0.25) is 0 Å². The number of likely N-dealkylation sites (N-methyl/N-ethyl adjacent to an activating group) is 1. The molecule has 3 nitrogen and oxygen atoms in total. The molecule has 0 aliphatic heterocycles. The Morgan fingerprint density at radius 3 is 2.11 bits per heavy atom. The van der Waals surface area contributed by atoms with Crippen molar-refractivity contribution in [3.05, 3.63) is 35.9 Å². The maximum Gasteiger partial charge on any atom is 0.365 e. The van der Waals surface area contributed by atoms with Crippen LogP contribution in [0.2, 0.25) is 0 Å². The van der Waals surface area contributed by atoms with E-state index in [4.69, 9.17) is 4.74 Å². The van der Waals surface area contributed by atoms with Crippen molar-refractivity contribution in [1.29, 1.82) is 0 Å². The Hall–Kier alpha value is -1.35. The number of esters is 1. The molecule has 0 heterocycles. The molecule has 1 aromatic rings. The lowest BCUT2D eigenvalue weighted by atomic mass is 10.0. The summed E-state index contributed by atoms with van der Waals surface area (Å²) >= 11 is 0. The van der Waals surface area contributed by atoms with Crippen LogP contribution in [0.3, 0.4) is 0 Å². The van der Waals surface area contributed by atoms with Crippen LogP contribution in [0, 0.1) is 0 Å². The van der Waals surface area contributed by atoms with Gasteiger partial charge in [-0.1, -0.05) is 30.3 Å². The molecule has 0 aromatic heterocycles. The first kappa shape index (κ1) is 15.7. The molecule has 0 aliphatic rings. The van der Waals surface area contributed by atoms with E-state index < -0.39 is 5.60 Å². The van der Waals surface area contributed by atoms with E-state index in [1.54, 1.807) is 0 Å². The predicted molar refractivity (Wildman–Crippen MR) is 77.8 cm³/mol. The van der Waals surface area contributed by atoms with Gasteiger partial charge in [-0.05, 0) is 26.3 Å². The second kappa shape index (κ2) is 5.74. The molecule has 3 heteroatoms. The Bertz CT molecular complexity index is 413. The third-order valence-electron chi connectivity index (χ3n) is 2.89. The van der Waals surface area contributed by atoms with Gasteiger partial charge in [-0.25, -0.2) is 4.79 Å². The zero-order valence-corrected chi connectivity index (χ0v) is 12.9. The van der Waals surface area contributed by atoms with Crippen molar-refractivity contribution >= 4 is 5.97 Å². The number of carbonyl (C=O) groups excluding carboxylic acids is 1. The minimum Gasteiger partial charge on any atom is -0.456 e. The standard InChI is InChI=1S/C16H26NO2/c1-16(2,3)19-15(18)14(17(4,5)6)12-13-10-8-7-9-11-13/h7-11,14H,12H2,1-6H3/q+1/t14-/m0/s1. The van der Waals surface area contributed by atoms with Gasteiger partial charge in [-0.3, -0.25) is 0 Å². The highest BCUT2D eigenvalue weighted by molar-refractivity contribution is 5.75. The summed E-state index contributed by atoms with van der Waals surface area (Å²) in [5, 5.41) is 0. The number of rotatable bonds is 4. The molecular weight excluding hydrogens is 238 g/mol. The molecule has 0 radical (unpaired) electrons. The first-order valence-corrected chi connectivity index (χ1v) is 6.67. The topological polar surface area (TPSA) is 26.3 Å². The molecule has 0 N–H and O–H groups in total. The number of hydrogen-bond donors (Lipinski definition) is 0. The number of carbonyl (C=O) groups is 1. The highest BCUT2D eigenvalue weighted by Crippen LogP contribution is 2.17. The SMILES string of the molecule is CC(C)(C)OC(=O)[C@H](Cc1ccccc1)[N+](C)(C)C. The quantitative estimate of drug-likeness (QED) is 0.617. The fourth-order valence-electron chi connectivity index (χ4n) is 1.88. The summed E-state index contributed by atoms with van der Waals surface area (Å²) < 4.78 is 6.10. The van der Waals surface area contributed by atoms with E-state index >= 15 is 0 Å². The van der Waals surface area contributed by atoms with Crippen molar-refractivity contribution < 1.29 is 14.0 Å². The van der Waals surface area contributed by atoms with Crippen LogP contribution in [0.25, 0.3) is 0 Å². The zero-order chi connectivity index (χ0) is 14.7. The van der Waals surface area contributed by atoms with E-state index in [0.717, 1.165) is 5.56 Å². The van der Waals surface area contributed by atoms with E-state index in [-0.39, 0.29) is 12.0 Å². The number of quaternary nitrogens is 1. The zero-order valence-electron chi connectivity index (χ0n) is 12.9. The highest BCUT2D eigenvalue weighted by atomic mass is 16.6. The van der Waals surface area contributed by atoms with Crippen LogP contribution in [0.5, 0.6) is 0 Å². The van der Waals surface area contributed by atoms with Crippen molar-refractivity contribution in [2.75, 3.05) is 21.1 Å². The molecule has 106 valence electrons. The average Bonchev–Trinajstić information content (AvgIpc) is 2.23. The molecule has 0 amide bonds. The normalized spacial score (nSPS) is 14.0. The number of ether oxygens (including phenoxy) is 1. The van der Waals surface area contributed by atoms with Crippen LogP contribution in [0.1, 0.15) is 26.3 Å². The molecule has 0 unspecified atom stereocenters. The molecule has 1 aromatic carbocycles. The van der Waals surface area contributed by atoms with Crippen LogP contribution >= 0.6 is 0 Å². The summed E-state index contributed by atoms with van der Waals surface area (Å²) in [5.41, 5.74) is 0.715. The van der Waals surface area contributed by atoms with Gasteiger partial charge in [0.25, 0.3) is 0 Å². The smallest absolute Gasteiger partial charge is 0.365 e. The fourth-order valence-corrected chi connectivity index (χ4v) is 1.88. The monoisotopic (exact) mass is 264 g/mol. The maximum atomic E-state index is 12.4. The molecule has 1 atom stereocenters. The minimum atomic E-state index is -0.443. The van der Waals surface area contributed by atoms with E-state index in [1.807, 2.05) is 72.2 Å². The third kappa shape index (κ3) is 5.43. The molecular formula is C16H26NO2+. The average molecular weight is 264 g/mol. The summed E-state index contributed by atoms with van der Waals surface area (Å²) in [6, 6.07) is 9.88. The van der Waals surface area contributed by atoms with Crippen molar-refractivity contribution in [2.24, 2.45) is 0 Å². The van der Waals surface area contributed by atoms with Crippen molar-refractivity contribution in [3.8, 4) is 0 Å². The van der Waals surface area contributed by atoms with E-state index in [2.05, 4.69) is 0 Å². The van der Waals surface area contributed by atoms with Gasteiger partial charge >= 0.3 is 5.97 Å². The summed E-state index contributed by atoms with van der Waals surface area (Å²) in [4.78, 5) is 12.4. The minimum absolute atomic E-state index is 0.135. The molecule has 0 bridgehead atoms. The van der Waals surface area contributed by atoms with Gasteiger partial charge in [0, 0.05) is 6.42 Å². The Kier molecular flexibility index (Phi) is 4.75. The second-order valence-corrected chi connectivity index (χ2v) is 6.86. The molecule has 0 aliphatic carbocycles. The van der Waals surface area contributed by atoms with Gasteiger partial charge in [-0.2, -0.15) is 0 Å². The summed E-state index contributed by atoms with van der Waals surface area (Å²) in [5.74, 6) is -0.135. The lowest BCUT2D eigenvalue weighted by Gasteiger charge is -2.34. The van der Waals surface area contributed by atoms with Crippen molar-refractivity contribution in [2.45, 2.75) is 38.8 Å². The Balaban J connectivity index is 2.88. The van der Waals surface area contributed by atoms with Crippen LogP contribution in [-0.4, -0.2) is 43.2 Å². The first-order valence-electron chi connectivity index (χ1n) is 6.67. The molecule has 0 spiro atoms. The third-order valence-corrected chi connectivity index (χ3v) is 2.89. The number of nitrogens with zero attached hydrogens (tertiary/aromatic N) is 1. The summed E-state index contributed by atoms with van der Waals surface area (Å²) in [7, 11) is 6.08. The van der Waals surface area contributed by atoms with Crippen LogP contribution in [0.4, 0.5) is 0 Å². The number of hydrogen-bond acceptors (Lipinski definition) is 2. The number of benzene rings is 1. The maximum absolute atomic E-state index is 12.4. The Morgan fingerprint density at radius 2 is 1.68 bits per heavy atom. The summed E-state index contributed by atoms with van der Waals surface area (Å²) in [6.45, 7) is 5.71. The molecule has 0 fully saturated rings. The highest BCUT2D eigenvalue weighted by Gasteiger charge is 2.35. The van der Waals surface area contributed by atoms with Gasteiger partial charge in [0.05, 0.1) is 21.1 Å². The lowest BCUT2D eigenvalue weighted by Crippen LogP contribution is -2.52. The van der Waals surface area contributed by atoms with Gasteiger partial charge < -0.3 is 9.22 Å². The van der Waals surface area contributed by atoms with Crippen molar-refractivity contribution in [3.63, 3.8) is 0 Å². The Labute approximate surface area is 116 Å². The van der Waals surface area contributed by atoms with Crippen LogP contribution in [0.15, 0.2) is 30.3 Å². The molecule has 1 rings (SSSR count). The predicted octanol–water partition coefficient (Wildman–Crippen LogP) is 2.65. The first-order chi connectivity index (χ1) is 8.59. The second-order valence-electron chi connectivity index (χ2n) is 6.86. The van der Waals surface area contributed by atoms with Gasteiger partial charge in [0.1, 0.15) is 5.60 Å². The lowest BCUT2D eigenvalue weighted by molar-refractivity contribution is -0.887. The van der Waals surface area contributed by atoms with Crippen LogP contribution in [-0.2, 0) is 16.0 Å². The fraction of sp³-hybridized carbons (Fsp3) is 0.562. The van der Waals surface area contributed by atoms with E-state index in [0.29, 0.717) is 10.9 Å². The van der Waals surface area contributed by atoms with Crippen molar-refractivity contribution in [1.82, 2.24) is 0 Å². The summed E-state index contributed by atoms with van der Waals surface area (Å²) in [6.07, 6.45) is 0.694. The molecule has 0 saturated carbocycles. The Morgan fingerprint density at radius 1 is 1.16 bits per heavy atom. The van der Waals surface area contributed by atoms with E-state index in [9.17, 15) is 4.79 Å². The largest absolute Gasteiger partial charge is 0.456 e. The van der Waals surface area contributed by atoms with E-state index in [1.165, 1.54) is 0 Å².